The van der Waals surface area contributed by atoms with E-state index in [-0.39, 0.29) is 11.9 Å². The fourth-order valence-corrected chi connectivity index (χ4v) is 1.42. The second kappa shape index (κ2) is 6.73. The van der Waals surface area contributed by atoms with Gasteiger partial charge in [0.25, 0.3) is 12.4 Å². The number of hydrogen-bond donors (Lipinski definition) is 2. The van der Waals surface area contributed by atoms with Crippen LogP contribution in [-0.2, 0) is 0 Å². The Bertz CT molecular complexity index is 530. The van der Waals surface area contributed by atoms with Crippen molar-refractivity contribution >= 4 is 11.9 Å². The molecule has 0 aliphatic rings. The monoisotopic (exact) mass is 283 g/mol. The Balaban J connectivity index is 2.24. The zero-order chi connectivity index (χ0) is 14.4. The normalized spacial score (nSPS) is 10.8. The van der Waals surface area contributed by atoms with Gasteiger partial charge in [0.2, 0.25) is 11.9 Å². The fourth-order valence-electron chi connectivity index (χ4n) is 1.42. The summed E-state index contributed by atoms with van der Waals surface area (Å²) in [6.45, 7) is 2.16. The Morgan fingerprint density at radius 3 is 2.55 bits per heavy atom. The highest BCUT2D eigenvalue weighted by molar-refractivity contribution is 5.37. The second-order valence-corrected chi connectivity index (χ2v) is 3.93. The van der Waals surface area contributed by atoms with Gasteiger partial charge in [-0.15, -0.1) is 0 Å². The predicted octanol–water partition coefficient (Wildman–Crippen LogP) is 1.56. The minimum atomic E-state index is -2.48. The van der Waals surface area contributed by atoms with Crippen molar-refractivity contribution in [1.29, 1.82) is 0 Å². The van der Waals surface area contributed by atoms with Crippen LogP contribution >= 0.6 is 0 Å². The van der Waals surface area contributed by atoms with Crippen LogP contribution in [-0.4, -0.2) is 44.2 Å². The van der Waals surface area contributed by atoms with Crippen molar-refractivity contribution in [2.45, 2.75) is 19.8 Å². The standard InChI is InChI=1S/C11H15F2N7/c1-2-4-14-9-17-10(15-7-8(12)13)19-11(18-9)20-6-3-5-16-20/h3,5-6,8H,2,4,7H2,1H3,(H2,14,15,17,18,19). The molecule has 0 amide bonds. The maximum atomic E-state index is 12.2. The van der Waals surface area contributed by atoms with E-state index in [1.807, 2.05) is 6.92 Å². The SMILES string of the molecule is CCCNc1nc(NCC(F)F)nc(-n2cccn2)n1. The lowest BCUT2D eigenvalue weighted by molar-refractivity contribution is 0.163. The van der Waals surface area contributed by atoms with Crippen LogP contribution in [0.3, 0.4) is 0 Å². The molecule has 0 atom stereocenters. The molecule has 0 aromatic carbocycles. The average molecular weight is 283 g/mol. The van der Waals surface area contributed by atoms with Gasteiger partial charge in [-0.25, -0.2) is 13.5 Å². The van der Waals surface area contributed by atoms with Crippen LogP contribution in [0.25, 0.3) is 5.95 Å². The number of nitrogens with zero attached hydrogens (tertiary/aromatic N) is 5. The molecule has 0 saturated carbocycles. The first-order valence-corrected chi connectivity index (χ1v) is 6.21. The number of halogens is 2. The second-order valence-electron chi connectivity index (χ2n) is 3.93. The molecule has 0 aliphatic heterocycles. The third kappa shape index (κ3) is 3.84. The molecule has 108 valence electrons. The van der Waals surface area contributed by atoms with Crippen LogP contribution in [0.2, 0.25) is 0 Å². The van der Waals surface area contributed by atoms with Crippen molar-refractivity contribution < 1.29 is 8.78 Å². The largest absolute Gasteiger partial charge is 0.354 e. The van der Waals surface area contributed by atoms with E-state index >= 15 is 0 Å². The summed E-state index contributed by atoms with van der Waals surface area (Å²) in [6.07, 6.45) is 1.65. The number of rotatable bonds is 7. The molecule has 0 saturated heterocycles. The number of nitrogens with one attached hydrogen (secondary N) is 2. The highest BCUT2D eigenvalue weighted by atomic mass is 19.3. The van der Waals surface area contributed by atoms with Crippen molar-refractivity contribution in [1.82, 2.24) is 24.7 Å². The zero-order valence-electron chi connectivity index (χ0n) is 10.9. The summed E-state index contributed by atoms with van der Waals surface area (Å²) in [7, 11) is 0. The molecule has 0 spiro atoms. The van der Waals surface area contributed by atoms with E-state index in [2.05, 4.69) is 30.7 Å². The predicted molar refractivity (Wildman–Crippen MR) is 70.2 cm³/mol. The molecule has 0 bridgehead atoms. The van der Waals surface area contributed by atoms with Gasteiger partial charge in [0.05, 0.1) is 6.54 Å². The van der Waals surface area contributed by atoms with Crippen molar-refractivity contribution in [3.8, 4) is 5.95 Å². The lowest BCUT2D eigenvalue weighted by Gasteiger charge is -2.09. The van der Waals surface area contributed by atoms with Crippen LogP contribution < -0.4 is 10.6 Å². The van der Waals surface area contributed by atoms with Crippen LogP contribution in [0.1, 0.15) is 13.3 Å². The van der Waals surface area contributed by atoms with E-state index in [0.29, 0.717) is 12.5 Å². The lowest BCUT2D eigenvalue weighted by atomic mass is 10.5. The molecule has 0 radical (unpaired) electrons. The van der Waals surface area contributed by atoms with Crippen LogP contribution in [0.4, 0.5) is 20.7 Å². The topological polar surface area (TPSA) is 80.5 Å². The van der Waals surface area contributed by atoms with Crippen molar-refractivity contribution in [2.75, 3.05) is 23.7 Å². The summed E-state index contributed by atoms with van der Waals surface area (Å²) in [5, 5.41) is 9.47. The third-order valence-electron chi connectivity index (χ3n) is 2.28. The molecule has 0 fully saturated rings. The lowest BCUT2D eigenvalue weighted by Crippen LogP contribution is -2.16. The molecule has 20 heavy (non-hydrogen) atoms. The van der Waals surface area contributed by atoms with Crippen LogP contribution in [0.5, 0.6) is 0 Å². The molecule has 2 aromatic rings. The molecule has 7 nitrogen and oxygen atoms in total. The summed E-state index contributed by atoms with van der Waals surface area (Å²) in [6, 6.07) is 1.72. The van der Waals surface area contributed by atoms with Crippen molar-refractivity contribution in [2.24, 2.45) is 0 Å². The minimum Gasteiger partial charge on any atom is -0.354 e. The van der Waals surface area contributed by atoms with Gasteiger partial charge >= 0.3 is 0 Å². The van der Waals surface area contributed by atoms with Gasteiger partial charge in [0.1, 0.15) is 0 Å². The maximum Gasteiger partial charge on any atom is 0.257 e. The van der Waals surface area contributed by atoms with Crippen LogP contribution in [0, 0.1) is 0 Å². The third-order valence-corrected chi connectivity index (χ3v) is 2.28. The summed E-state index contributed by atoms with van der Waals surface area (Å²) in [5.74, 6) is 0.675. The van der Waals surface area contributed by atoms with Gasteiger partial charge in [-0.3, -0.25) is 0 Å². The number of alkyl halides is 2. The molecular formula is C11H15F2N7. The first kappa shape index (κ1) is 14.1. The first-order chi connectivity index (χ1) is 9.69. The Labute approximate surface area is 114 Å². The van der Waals surface area contributed by atoms with Gasteiger partial charge < -0.3 is 10.6 Å². The van der Waals surface area contributed by atoms with E-state index in [0.717, 1.165) is 6.42 Å². The fraction of sp³-hybridized carbons (Fsp3) is 0.455. The molecule has 9 heteroatoms. The molecule has 0 aliphatic carbocycles. The molecule has 2 heterocycles. The molecule has 2 rings (SSSR count). The summed E-state index contributed by atoms with van der Waals surface area (Å²) < 4.78 is 25.9. The molecule has 2 aromatic heterocycles. The molecular weight excluding hydrogens is 268 g/mol. The number of anilines is 2. The van der Waals surface area contributed by atoms with Gasteiger partial charge in [0.15, 0.2) is 0 Å². The average Bonchev–Trinajstić information content (AvgIpc) is 2.97. The number of aromatic nitrogens is 5. The minimum absolute atomic E-state index is 0.0874. The molecule has 0 unspecified atom stereocenters. The van der Waals surface area contributed by atoms with Gasteiger partial charge in [-0.1, -0.05) is 6.92 Å². The highest BCUT2D eigenvalue weighted by Gasteiger charge is 2.10. The summed E-state index contributed by atoms with van der Waals surface area (Å²) >= 11 is 0. The highest BCUT2D eigenvalue weighted by Crippen LogP contribution is 2.09. The maximum absolute atomic E-state index is 12.2. The van der Waals surface area contributed by atoms with E-state index in [4.69, 9.17) is 0 Å². The Morgan fingerprint density at radius 1 is 1.20 bits per heavy atom. The molecule has 2 N–H and O–H groups in total. The first-order valence-electron chi connectivity index (χ1n) is 6.21. The van der Waals surface area contributed by atoms with Crippen LogP contribution in [0.15, 0.2) is 18.5 Å². The van der Waals surface area contributed by atoms with Crippen molar-refractivity contribution in [3.05, 3.63) is 18.5 Å². The van der Waals surface area contributed by atoms with Gasteiger partial charge in [-0.05, 0) is 12.5 Å². The number of hydrogen-bond acceptors (Lipinski definition) is 6. The summed E-state index contributed by atoms with van der Waals surface area (Å²) in [4.78, 5) is 12.3. The van der Waals surface area contributed by atoms with E-state index in [1.54, 1.807) is 18.5 Å². The van der Waals surface area contributed by atoms with E-state index in [1.165, 1.54) is 4.68 Å². The Morgan fingerprint density at radius 2 is 1.95 bits per heavy atom. The zero-order valence-corrected chi connectivity index (χ0v) is 10.9. The van der Waals surface area contributed by atoms with Crippen molar-refractivity contribution in [3.63, 3.8) is 0 Å². The van der Waals surface area contributed by atoms with Gasteiger partial charge in [0, 0.05) is 18.9 Å². The smallest absolute Gasteiger partial charge is 0.257 e. The quantitative estimate of drug-likeness (QED) is 0.802. The Kier molecular flexibility index (Phi) is 4.75. The van der Waals surface area contributed by atoms with E-state index < -0.39 is 13.0 Å². The van der Waals surface area contributed by atoms with Gasteiger partial charge in [-0.2, -0.15) is 20.1 Å². The summed E-state index contributed by atoms with van der Waals surface area (Å²) in [5.41, 5.74) is 0. The Hall–Kier alpha value is -2.32. The van der Waals surface area contributed by atoms with E-state index in [9.17, 15) is 8.78 Å².